The molecule has 1 aromatic rings. The zero-order valence-electron chi connectivity index (χ0n) is 6.43. The molecule has 68 valence electrons. The lowest BCUT2D eigenvalue weighted by atomic mass is 10.1. The quantitative estimate of drug-likeness (QED) is 0.622. The second kappa shape index (κ2) is 3.09. The molecular formula is C9H5Cl3O. The van der Waals surface area contributed by atoms with Crippen molar-refractivity contribution in [3.63, 3.8) is 0 Å². The van der Waals surface area contributed by atoms with E-state index >= 15 is 0 Å². The smallest absolute Gasteiger partial charge is 0.185 e. The maximum absolute atomic E-state index is 6.04. The molecule has 0 bridgehead atoms. The number of alkyl halides is 2. The zero-order chi connectivity index (χ0) is 9.47. The van der Waals surface area contributed by atoms with Crippen LogP contribution in [0.1, 0.15) is 5.56 Å². The van der Waals surface area contributed by atoms with Gasteiger partial charge in [0.25, 0.3) is 0 Å². The normalized spacial score (nSPS) is 18.5. The minimum absolute atomic E-state index is 0.273. The Morgan fingerprint density at radius 2 is 1.85 bits per heavy atom. The molecular weight excluding hydrogens is 230 g/mol. The molecule has 1 aromatic carbocycles. The Balaban J connectivity index is 2.60. The Morgan fingerprint density at radius 3 is 2.62 bits per heavy atom. The van der Waals surface area contributed by atoms with Gasteiger partial charge < -0.3 is 4.74 Å². The van der Waals surface area contributed by atoms with E-state index in [0.717, 1.165) is 0 Å². The molecule has 0 fully saturated rings. The fourth-order valence-electron chi connectivity index (χ4n) is 1.15. The van der Waals surface area contributed by atoms with Crippen LogP contribution in [0.3, 0.4) is 0 Å². The average Bonchev–Trinajstić information content (AvgIpc) is 2.13. The topological polar surface area (TPSA) is 9.23 Å². The first kappa shape index (κ1) is 9.20. The van der Waals surface area contributed by atoms with Crippen molar-refractivity contribution in [1.82, 2.24) is 0 Å². The van der Waals surface area contributed by atoms with Gasteiger partial charge in [-0.25, -0.2) is 0 Å². The predicted molar refractivity (Wildman–Crippen MR) is 54.4 cm³/mol. The second-order valence-corrected chi connectivity index (χ2v) is 4.39. The van der Waals surface area contributed by atoms with E-state index in [1.165, 1.54) is 6.26 Å². The monoisotopic (exact) mass is 234 g/mol. The molecule has 2 rings (SSSR count). The fraction of sp³-hybridized carbons (Fsp3) is 0.111. The van der Waals surface area contributed by atoms with Crippen LogP contribution in [0.25, 0.3) is 0 Å². The Morgan fingerprint density at radius 1 is 1.15 bits per heavy atom. The zero-order valence-corrected chi connectivity index (χ0v) is 8.70. The highest BCUT2D eigenvalue weighted by Crippen LogP contribution is 2.49. The van der Waals surface area contributed by atoms with Crippen molar-refractivity contribution in [1.29, 1.82) is 0 Å². The van der Waals surface area contributed by atoms with Crippen molar-refractivity contribution in [2.24, 2.45) is 0 Å². The van der Waals surface area contributed by atoms with Crippen LogP contribution in [0.4, 0.5) is 0 Å². The molecule has 1 heterocycles. The first-order chi connectivity index (χ1) is 6.12. The first-order valence-corrected chi connectivity index (χ1v) is 4.76. The van der Waals surface area contributed by atoms with Crippen LogP contribution < -0.4 is 4.74 Å². The summed E-state index contributed by atoms with van der Waals surface area (Å²) in [4.78, 5) is 0. The number of benzene rings is 1. The summed E-state index contributed by atoms with van der Waals surface area (Å²) in [6, 6.07) is 7.24. The van der Waals surface area contributed by atoms with E-state index in [9.17, 15) is 0 Å². The molecule has 0 aliphatic carbocycles. The van der Waals surface area contributed by atoms with E-state index < -0.39 is 4.33 Å². The highest BCUT2D eigenvalue weighted by atomic mass is 35.5. The maximum atomic E-state index is 6.04. The molecule has 1 aliphatic rings. The van der Waals surface area contributed by atoms with Crippen molar-refractivity contribution >= 4 is 34.8 Å². The summed E-state index contributed by atoms with van der Waals surface area (Å²) in [5.41, 5.74) is 0.672. The number of rotatable bonds is 0. The second-order valence-electron chi connectivity index (χ2n) is 2.65. The maximum Gasteiger partial charge on any atom is 0.185 e. The largest absolute Gasteiger partial charge is 0.463 e. The molecule has 1 nitrogen and oxygen atoms in total. The van der Waals surface area contributed by atoms with Gasteiger partial charge in [-0.15, -0.1) is 0 Å². The molecule has 0 spiro atoms. The van der Waals surface area contributed by atoms with E-state index in [0.29, 0.717) is 11.3 Å². The fourth-order valence-corrected chi connectivity index (χ4v) is 1.69. The molecule has 0 aromatic heterocycles. The lowest BCUT2D eigenvalue weighted by molar-refractivity contribution is 0.456. The van der Waals surface area contributed by atoms with Gasteiger partial charge in [0.15, 0.2) is 4.33 Å². The summed E-state index contributed by atoms with van der Waals surface area (Å²) in [5.74, 6) is 0.636. The van der Waals surface area contributed by atoms with Gasteiger partial charge in [-0.3, -0.25) is 0 Å². The van der Waals surface area contributed by atoms with Crippen molar-refractivity contribution in [2.75, 3.05) is 0 Å². The highest BCUT2D eigenvalue weighted by Gasteiger charge is 2.36. The van der Waals surface area contributed by atoms with E-state index in [4.69, 9.17) is 39.5 Å². The Hall–Kier alpha value is -0.370. The number of para-hydroxylation sites is 1. The Kier molecular flexibility index (Phi) is 2.18. The van der Waals surface area contributed by atoms with Gasteiger partial charge in [-0.05, 0) is 6.07 Å². The van der Waals surface area contributed by atoms with Crippen LogP contribution in [0.15, 0.2) is 35.6 Å². The molecule has 1 aliphatic heterocycles. The van der Waals surface area contributed by atoms with Gasteiger partial charge >= 0.3 is 0 Å². The van der Waals surface area contributed by atoms with Gasteiger partial charge in [-0.1, -0.05) is 53.0 Å². The molecule has 0 radical (unpaired) electrons. The van der Waals surface area contributed by atoms with Crippen LogP contribution >= 0.6 is 34.8 Å². The first-order valence-electron chi connectivity index (χ1n) is 3.62. The lowest BCUT2D eigenvalue weighted by Crippen LogP contribution is -2.16. The minimum Gasteiger partial charge on any atom is -0.463 e. The molecule has 4 heteroatoms. The van der Waals surface area contributed by atoms with Gasteiger partial charge in [-0.2, -0.15) is 0 Å². The molecule has 0 amide bonds. The number of hydrogen-bond donors (Lipinski definition) is 0. The standard InChI is InChI=1S/C9H5Cl3O/c10-8-5-13-7-4-2-1-3-6(7)9(8,11)12/h1-5H. The summed E-state index contributed by atoms with van der Waals surface area (Å²) in [6.45, 7) is 0. The lowest BCUT2D eigenvalue weighted by Gasteiger charge is -2.25. The van der Waals surface area contributed by atoms with Gasteiger partial charge in [0, 0.05) is 5.56 Å². The van der Waals surface area contributed by atoms with Gasteiger partial charge in [0.2, 0.25) is 0 Å². The summed E-state index contributed by atoms with van der Waals surface area (Å²) >= 11 is 17.9. The highest BCUT2D eigenvalue weighted by molar-refractivity contribution is 6.55. The van der Waals surface area contributed by atoms with Crippen molar-refractivity contribution < 1.29 is 4.74 Å². The number of allylic oxidation sites excluding steroid dienone is 1. The number of halogens is 3. The van der Waals surface area contributed by atoms with Crippen LogP contribution in [0.2, 0.25) is 0 Å². The summed E-state index contributed by atoms with van der Waals surface area (Å²) < 4.78 is 4.02. The minimum atomic E-state index is -1.18. The average molecular weight is 235 g/mol. The molecule has 0 N–H and O–H groups in total. The third-order valence-electron chi connectivity index (χ3n) is 1.81. The van der Waals surface area contributed by atoms with Crippen molar-refractivity contribution in [3.05, 3.63) is 41.1 Å². The number of ether oxygens (including phenoxy) is 1. The molecule has 0 saturated carbocycles. The van der Waals surface area contributed by atoms with Crippen LogP contribution in [0.5, 0.6) is 5.75 Å². The molecule has 0 saturated heterocycles. The van der Waals surface area contributed by atoms with Crippen LogP contribution in [-0.2, 0) is 4.33 Å². The summed E-state index contributed by atoms with van der Waals surface area (Å²) in [7, 11) is 0. The van der Waals surface area contributed by atoms with E-state index in [-0.39, 0.29) is 5.03 Å². The Bertz CT molecular complexity index is 371. The summed E-state index contributed by atoms with van der Waals surface area (Å²) in [5, 5.41) is 0.273. The predicted octanol–water partition coefficient (Wildman–Crippen LogP) is 3.79. The van der Waals surface area contributed by atoms with Gasteiger partial charge in [0.1, 0.15) is 12.0 Å². The summed E-state index contributed by atoms with van der Waals surface area (Å²) in [6.07, 6.45) is 1.35. The van der Waals surface area contributed by atoms with Gasteiger partial charge in [0.05, 0.1) is 5.03 Å². The third-order valence-corrected chi connectivity index (χ3v) is 3.20. The molecule has 13 heavy (non-hydrogen) atoms. The third kappa shape index (κ3) is 1.41. The van der Waals surface area contributed by atoms with Crippen LogP contribution in [-0.4, -0.2) is 0 Å². The van der Waals surface area contributed by atoms with Crippen LogP contribution in [0, 0.1) is 0 Å². The SMILES string of the molecule is ClC1=COc2ccccc2C1(Cl)Cl. The number of fused-ring (bicyclic) bond motifs is 1. The molecule has 0 atom stereocenters. The van der Waals surface area contributed by atoms with Crippen molar-refractivity contribution in [2.45, 2.75) is 4.33 Å². The van der Waals surface area contributed by atoms with E-state index in [1.54, 1.807) is 12.1 Å². The Labute approximate surface area is 90.9 Å². The molecule has 0 unspecified atom stereocenters. The van der Waals surface area contributed by atoms with E-state index in [1.807, 2.05) is 12.1 Å². The number of hydrogen-bond acceptors (Lipinski definition) is 1. The van der Waals surface area contributed by atoms with E-state index in [2.05, 4.69) is 0 Å². The van der Waals surface area contributed by atoms with Crippen molar-refractivity contribution in [3.8, 4) is 5.75 Å².